The van der Waals surface area contributed by atoms with Crippen molar-refractivity contribution >= 4 is 17.2 Å². The van der Waals surface area contributed by atoms with Crippen LogP contribution in [-0.4, -0.2) is 34.1 Å². The minimum atomic E-state index is -1.13. The van der Waals surface area contributed by atoms with E-state index in [0.29, 0.717) is 37.9 Å². The molecule has 0 atom stereocenters. The Balaban J connectivity index is 1.91. The molecule has 0 aliphatic carbocycles. The van der Waals surface area contributed by atoms with Gasteiger partial charge in [0.05, 0.1) is 17.6 Å². The molecule has 3 aromatic rings. The Bertz CT molecular complexity index is 1070. The minimum absolute atomic E-state index is 0.0601. The molecule has 3 rings (SSSR count). The first-order chi connectivity index (χ1) is 14.8. The molecule has 5 nitrogen and oxygen atoms in total. The second-order valence-electron chi connectivity index (χ2n) is 8.19. The lowest BCUT2D eigenvalue weighted by molar-refractivity contribution is 0.0955. The summed E-state index contributed by atoms with van der Waals surface area (Å²) in [4.78, 5) is 16.9. The Kier molecular flexibility index (Phi) is 6.98. The fraction of sp³-hybridized carbons (Fsp3) is 0.440. The molecular weight excluding hydrogens is 391 g/mol. The largest absolute Gasteiger partial charge is 0.382 e. The molecule has 0 fully saturated rings. The van der Waals surface area contributed by atoms with E-state index in [-0.39, 0.29) is 5.91 Å². The van der Waals surface area contributed by atoms with E-state index < -0.39 is 5.67 Å². The maximum absolute atomic E-state index is 14.7. The smallest absolute Gasteiger partial charge is 0.251 e. The Morgan fingerprint density at radius 3 is 2.55 bits per heavy atom. The third kappa shape index (κ3) is 4.89. The van der Waals surface area contributed by atoms with Gasteiger partial charge in [0.25, 0.3) is 5.91 Å². The number of aryl methyl sites for hydroxylation is 2. The van der Waals surface area contributed by atoms with E-state index in [4.69, 9.17) is 0 Å². The molecule has 0 saturated carbocycles. The maximum atomic E-state index is 14.7. The molecule has 2 N–H and O–H groups in total. The number of amides is 1. The molecule has 2 heterocycles. The number of nitrogens with zero attached hydrogens (tertiary/aromatic N) is 2. The summed E-state index contributed by atoms with van der Waals surface area (Å²) < 4.78 is 16.7. The van der Waals surface area contributed by atoms with Crippen molar-refractivity contribution < 1.29 is 9.18 Å². The van der Waals surface area contributed by atoms with Gasteiger partial charge < -0.3 is 10.6 Å². The number of carbonyl (C=O) groups excluding carboxylic acids is 1. The number of hydrogen-bond acceptors (Lipinski definition) is 3. The van der Waals surface area contributed by atoms with E-state index in [9.17, 15) is 9.18 Å². The average molecular weight is 425 g/mol. The predicted octanol–water partition coefficient (Wildman–Crippen LogP) is 5.70. The number of aromatic nitrogens is 2. The number of rotatable bonds is 9. The highest BCUT2D eigenvalue weighted by atomic mass is 19.1. The Morgan fingerprint density at radius 1 is 1.16 bits per heavy atom. The molecule has 0 bridgehead atoms. The van der Waals surface area contributed by atoms with Gasteiger partial charge in [0, 0.05) is 30.4 Å². The standard InChI is InChI=1S/C25H33FN4O/c1-6-25(26,7-2)11-12-28-21-13-17(4)16-30-22(15-29-23(21)30)19-9-10-20(18(5)14-19)24(31)27-8-3/h9-10,13-16,28H,6-8,11-12H2,1-5H3,(H,27,31). The molecule has 0 radical (unpaired) electrons. The third-order valence-corrected chi connectivity index (χ3v) is 6.00. The molecule has 2 aromatic heterocycles. The zero-order chi connectivity index (χ0) is 22.6. The molecule has 0 unspecified atom stereocenters. The van der Waals surface area contributed by atoms with Gasteiger partial charge in [0.1, 0.15) is 5.67 Å². The second-order valence-corrected chi connectivity index (χ2v) is 8.19. The van der Waals surface area contributed by atoms with Crippen LogP contribution in [0.1, 0.15) is 61.5 Å². The van der Waals surface area contributed by atoms with E-state index >= 15 is 0 Å². The summed E-state index contributed by atoms with van der Waals surface area (Å²) in [5, 5.41) is 6.24. The first-order valence-corrected chi connectivity index (χ1v) is 11.1. The van der Waals surface area contributed by atoms with E-state index in [1.54, 1.807) is 0 Å². The highest BCUT2D eigenvalue weighted by Crippen LogP contribution is 2.29. The van der Waals surface area contributed by atoms with Crippen molar-refractivity contribution in [3.8, 4) is 11.3 Å². The number of pyridine rings is 1. The minimum Gasteiger partial charge on any atom is -0.382 e. The number of alkyl halides is 1. The Hall–Kier alpha value is -2.89. The number of nitrogens with one attached hydrogen (secondary N) is 2. The number of halogens is 1. The Morgan fingerprint density at radius 2 is 1.90 bits per heavy atom. The molecular formula is C25H33FN4O. The zero-order valence-electron chi connectivity index (χ0n) is 19.2. The highest BCUT2D eigenvalue weighted by Gasteiger charge is 2.24. The van der Waals surface area contributed by atoms with Crippen LogP contribution in [0.2, 0.25) is 0 Å². The van der Waals surface area contributed by atoms with E-state index in [2.05, 4.69) is 20.0 Å². The fourth-order valence-corrected chi connectivity index (χ4v) is 3.93. The SMILES string of the molecule is CCNC(=O)c1ccc(-c2cnc3c(NCCC(F)(CC)CC)cc(C)cn23)cc1C. The van der Waals surface area contributed by atoms with Crippen molar-refractivity contribution in [2.24, 2.45) is 0 Å². The number of anilines is 1. The van der Waals surface area contributed by atoms with Gasteiger partial charge in [-0.05, 0) is 69.4 Å². The number of carbonyl (C=O) groups is 1. The van der Waals surface area contributed by atoms with Crippen LogP contribution in [-0.2, 0) is 0 Å². The molecule has 0 aliphatic heterocycles. The van der Waals surface area contributed by atoms with Gasteiger partial charge in [-0.3, -0.25) is 9.20 Å². The van der Waals surface area contributed by atoms with Crippen molar-refractivity contribution in [1.29, 1.82) is 0 Å². The quantitative estimate of drug-likeness (QED) is 0.463. The van der Waals surface area contributed by atoms with Gasteiger partial charge in [-0.1, -0.05) is 19.9 Å². The summed E-state index contributed by atoms with van der Waals surface area (Å²) in [6, 6.07) is 7.88. The van der Waals surface area contributed by atoms with Gasteiger partial charge in [0.15, 0.2) is 5.65 Å². The highest BCUT2D eigenvalue weighted by molar-refractivity contribution is 5.96. The van der Waals surface area contributed by atoms with Crippen molar-refractivity contribution in [2.75, 3.05) is 18.4 Å². The van der Waals surface area contributed by atoms with E-state index in [1.165, 1.54) is 0 Å². The first-order valence-electron chi connectivity index (χ1n) is 11.1. The van der Waals surface area contributed by atoms with E-state index in [0.717, 1.165) is 33.7 Å². The normalized spacial score (nSPS) is 11.7. The molecule has 166 valence electrons. The van der Waals surface area contributed by atoms with Crippen LogP contribution < -0.4 is 10.6 Å². The van der Waals surface area contributed by atoms with Gasteiger partial charge in [-0.2, -0.15) is 0 Å². The summed E-state index contributed by atoms with van der Waals surface area (Å²) in [6.07, 6.45) is 5.40. The van der Waals surface area contributed by atoms with Crippen LogP contribution in [0, 0.1) is 13.8 Å². The molecule has 0 saturated heterocycles. The number of fused-ring (bicyclic) bond motifs is 1. The topological polar surface area (TPSA) is 58.4 Å². The molecule has 31 heavy (non-hydrogen) atoms. The summed E-state index contributed by atoms with van der Waals surface area (Å²) in [6.45, 7) is 10.8. The summed E-state index contributed by atoms with van der Waals surface area (Å²) in [7, 11) is 0. The fourth-order valence-electron chi connectivity index (χ4n) is 3.93. The molecule has 0 spiro atoms. The lowest BCUT2D eigenvalue weighted by Crippen LogP contribution is -2.24. The van der Waals surface area contributed by atoms with Crippen LogP contribution in [0.5, 0.6) is 0 Å². The summed E-state index contributed by atoms with van der Waals surface area (Å²) in [5.41, 5.74) is 5.21. The molecule has 0 aliphatic rings. The average Bonchev–Trinajstić information content (AvgIpc) is 3.17. The van der Waals surface area contributed by atoms with Crippen molar-refractivity contribution in [2.45, 2.75) is 59.5 Å². The lowest BCUT2D eigenvalue weighted by atomic mass is 9.95. The van der Waals surface area contributed by atoms with Gasteiger partial charge in [-0.15, -0.1) is 0 Å². The van der Waals surface area contributed by atoms with Crippen LogP contribution in [0.4, 0.5) is 10.1 Å². The third-order valence-electron chi connectivity index (χ3n) is 6.00. The van der Waals surface area contributed by atoms with Crippen LogP contribution >= 0.6 is 0 Å². The number of imidazole rings is 1. The maximum Gasteiger partial charge on any atom is 0.251 e. The van der Waals surface area contributed by atoms with Crippen molar-refractivity contribution in [3.05, 3.63) is 53.3 Å². The van der Waals surface area contributed by atoms with Gasteiger partial charge in [-0.25, -0.2) is 9.37 Å². The summed E-state index contributed by atoms with van der Waals surface area (Å²) in [5.74, 6) is -0.0601. The summed E-state index contributed by atoms with van der Waals surface area (Å²) >= 11 is 0. The monoisotopic (exact) mass is 424 g/mol. The second kappa shape index (κ2) is 9.50. The molecule has 1 aromatic carbocycles. The predicted molar refractivity (Wildman–Crippen MR) is 126 cm³/mol. The lowest BCUT2D eigenvalue weighted by Gasteiger charge is -2.22. The number of benzene rings is 1. The van der Waals surface area contributed by atoms with Crippen LogP contribution in [0.15, 0.2) is 36.7 Å². The molecule has 1 amide bonds. The van der Waals surface area contributed by atoms with E-state index in [1.807, 2.05) is 71.3 Å². The first kappa shape index (κ1) is 22.8. The van der Waals surface area contributed by atoms with Crippen molar-refractivity contribution in [1.82, 2.24) is 14.7 Å². The zero-order valence-corrected chi connectivity index (χ0v) is 19.2. The molecule has 6 heteroatoms. The van der Waals surface area contributed by atoms with Gasteiger partial charge >= 0.3 is 0 Å². The van der Waals surface area contributed by atoms with Crippen LogP contribution in [0.3, 0.4) is 0 Å². The van der Waals surface area contributed by atoms with Gasteiger partial charge in [0.2, 0.25) is 0 Å². The Labute approximate surface area is 184 Å². The van der Waals surface area contributed by atoms with Crippen molar-refractivity contribution in [3.63, 3.8) is 0 Å². The van der Waals surface area contributed by atoms with Crippen LogP contribution in [0.25, 0.3) is 16.9 Å². The number of hydrogen-bond donors (Lipinski definition) is 2.